The highest BCUT2D eigenvalue weighted by Crippen LogP contribution is 2.48. The quantitative estimate of drug-likeness (QED) is 0.196. The third-order valence-electron chi connectivity index (χ3n) is 8.45. The topological polar surface area (TPSA) is 72.0 Å². The van der Waals surface area contributed by atoms with E-state index >= 15 is 0 Å². The molecule has 0 amide bonds. The lowest BCUT2D eigenvalue weighted by Crippen LogP contribution is -2.30. The molecule has 188 valence electrons. The summed E-state index contributed by atoms with van der Waals surface area (Å²) in [4.78, 5) is 6.98. The molecule has 1 aliphatic rings. The van der Waals surface area contributed by atoms with Gasteiger partial charge in [-0.3, -0.25) is 0 Å². The van der Waals surface area contributed by atoms with Crippen LogP contribution < -0.4 is 0 Å². The van der Waals surface area contributed by atoms with E-state index in [2.05, 4.69) is 70.6 Å². The number of aromatic hydroxyl groups is 2. The predicted molar refractivity (Wildman–Crippen MR) is 155 cm³/mol. The molecule has 4 N–H and O–H groups in total. The standard InChI is InChI=1S/C34H30N2O2/c37-32-14-12-24(20-26(32)30-18-22-8-2-4-10-28(22)35-30)34(16-6-1-7-17-34)25-13-15-33(38)27(21-25)31-19-23-9-3-5-11-29(23)36-31/h2-5,8-15,18-21,35-38H,1,6-7,16-17H2. The van der Waals surface area contributed by atoms with Crippen molar-refractivity contribution in [3.63, 3.8) is 0 Å². The number of nitrogens with one attached hydrogen (secondary N) is 2. The van der Waals surface area contributed by atoms with E-state index in [1.165, 1.54) is 17.5 Å². The van der Waals surface area contributed by atoms with Crippen molar-refractivity contribution in [2.45, 2.75) is 37.5 Å². The molecule has 6 aromatic rings. The highest BCUT2D eigenvalue weighted by Gasteiger charge is 2.37. The van der Waals surface area contributed by atoms with Crippen LogP contribution in [0.4, 0.5) is 0 Å². The molecule has 1 fully saturated rings. The molecule has 0 saturated heterocycles. The third kappa shape index (κ3) is 3.67. The Balaban J connectivity index is 1.37. The van der Waals surface area contributed by atoms with Crippen LogP contribution in [0.1, 0.15) is 43.2 Å². The van der Waals surface area contributed by atoms with Gasteiger partial charge in [0, 0.05) is 38.3 Å². The van der Waals surface area contributed by atoms with Crippen LogP contribution in [-0.4, -0.2) is 20.2 Å². The lowest BCUT2D eigenvalue weighted by atomic mass is 9.65. The van der Waals surface area contributed by atoms with Crippen LogP contribution in [0.5, 0.6) is 11.5 Å². The summed E-state index contributed by atoms with van der Waals surface area (Å²) in [5.41, 5.74) is 7.80. The van der Waals surface area contributed by atoms with Gasteiger partial charge in [0.1, 0.15) is 11.5 Å². The van der Waals surface area contributed by atoms with Crippen molar-refractivity contribution in [1.82, 2.24) is 9.97 Å². The second-order valence-electron chi connectivity index (χ2n) is 10.6. The zero-order valence-corrected chi connectivity index (χ0v) is 21.2. The van der Waals surface area contributed by atoms with Crippen molar-refractivity contribution in [2.75, 3.05) is 0 Å². The fourth-order valence-corrected chi connectivity index (χ4v) is 6.44. The summed E-state index contributed by atoms with van der Waals surface area (Å²) >= 11 is 0. The smallest absolute Gasteiger partial charge is 0.124 e. The van der Waals surface area contributed by atoms with Gasteiger partial charge >= 0.3 is 0 Å². The molecular formula is C34H30N2O2. The van der Waals surface area contributed by atoms with Crippen LogP contribution >= 0.6 is 0 Å². The number of phenols is 2. The molecular weight excluding hydrogens is 468 g/mol. The summed E-state index contributed by atoms with van der Waals surface area (Å²) in [6, 6.07) is 32.8. The number of phenolic OH excluding ortho intramolecular Hbond substituents is 2. The van der Waals surface area contributed by atoms with Gasteiger partial charge in [-0.15, -0.1) is 0 Å². The highest BCUT2D eigenvalue weighted by atomic mass is 16.3. The van der Waals surface area contributed by atoms with Crippen LogP contribution in [0.15, 0.2) is 97.1 Å². The highest BCUT2D eigenvalue weighted by molar-refractivity contribution is 5.88. The van der Waals surface area contributed by atoms with E-state index in [0.717, 1.165) is 70.0 Å². The fraction of sp³-hybridized carbons (Fsp3) is 0.176. The Morgan fingerprint density at radius 2 is 1.00 bits per heavy atom. The van der Waals surface area contributed by atoms with Crippen molar-refractivity contribution < 1.29 is 10.2 Å². The maximum Gasteiger partial charge on any atom is 0.124 e. The number of aromatic nitrogens is 2. The molecule has 2 heterocycles. The Morgan fingerprint density at radius 1 is 0.526 bits per heavy atom. The number of para-hydroxylation sites is 2. The van der Waals surface area contributed by atoms with Gasteiger partial charge in [0.05, 0.1) is 11.4 Å². The van der Waals surface area contributed by atoms with Gasteiger partial charge in [-0.2, -0.15) is 0 Å². The number of rotatable bonds is 4. The van der Waals surface area contributed by atoms with Crippen LogP contribution in [0, 0.1) is 0 Å². The molecule has 4 heteroatoms. The Kier molecular flexibility index (Phi) is 5.29. The van der Waals surface area contributed by atoms with E-state index in [1.807, 2.05) is 36.4 Å². The van der Waals surface area contributed by atoms with E-state index in [-0.39, 0.29) is 16.9 Å². The van der Waals surface area contributed by atoms with Crippen molar-refractivity contribution in [3.05, 3.63) is 108 Å². The number of benzene rings is 4. The van der Waals surface area contributed by atoms with E-state index < -0.39 is 0 Å². The number of H-pyrrole nitrogens is 2. The first kappa shape index (κ1) is 22.7. The van der Waals surface area contributed by atoms with E-state index in [4.69, 9.17) is 0 Å². The maximum atomic E-state index is 10.9. The van der Waals surface area contributed by atoms with Crippen LogP contribution in [-0.2, 0) is 5.41 Å². The van der Waals surface area contributed by atoms with E-state index in [1.54, 1.807) is 0 Å². The molecule has 2 aromatic heterocycles. The van der Waals surface area contributed by atoms with Crippen LogP contribution in [0.25, 0.3) is 44.3 Å². The third-order valence-corrected chi connectivity index (χ3v) is 8.45. The molecule has 1 saturated carbocycles. The van der Waals surface area contributed by atoms with E-state index in [0.29, 0.717) is 0 Å². The molecule has 4 aromatic carbocycles. The molecule has 7 rings (SSSR count). The number of aromatic amines is 2. The Morgan fingerprint density at radius 3 is 1.47 bits per heavy atom. The number of fused-ring (bicyclic) bond motifs is 2. The summed E-state index contributed by atoms with van der Waals surface area (Å²) in [7, 11) is 0. The minimum Gasteiger partial charge on any atom is -0.507 e. The molecule has 1 aliphatic carbocycles. The first-order chi connectivity index (χ1) is 18.6. The van der Waals surface area contributed by atoms with Gasteiger partial charge in [-0.1, -0.05) is 67.8 Å². The van der Waals surface area contributed by atoms with Crippen LogP contribution in [0.3, 0.4) is 0 Å². The summed E-state index contributed by atoms with van der Waals surface area (Å²) in [5, 5.41) is 24.1. The summed E-state index contributed by atoms with van der Waals surface area (Å²) in [6.07, 6.45) is 5.57. The summed E-state index contributed by atoms with van der Waals surface area (Å²) in [5.74, 6) is 0.548. The SMILES string of the molecule is Oc1ccc(C2(c3ccc(O)c(-c4cc5ccccc5[nH]4)c3)CCCCC2)cc1-c1cc2ccccc2[nH]1. The van der Waals surface area contributed by atoms with E-state index in [9.17, 15) is 10.2 Å². The predicted octanol–water partition coefficient (Wildman–Crippen LogP) is 8.64. The average molecular weight is 499 g/mol. The summed E-state index contributed by atoms with van der Waals surface area (Å²) < 4.78 is 0. The minimum atomic E-state index is -0.193. The van der Waals surface area contributed by atoms with Gasteiger partial charge in [0.15, 0.2) is 0 Å². The van der Waals surface area contributed by atoms with Gasteiger partial charge in [-0.25, -0.2) is 0 Å². The molecule has 0 bridgehead atoms. The lowest BCUT2D eigenvalue weighted by molar-refractivity contribution is 0.345. The molecule has 0 spiro atoms. The monoisotopic (exact) mass is 498 g/mol. The van der Waals surface area contributed by atoms with Gasteiger partial charge in [0.2, 0.25) is 0 Å². The summed E-state index contributed by atoms with van der Waals surface area (Å²) in [6.45, 7) is 0. The Bertz CT molecular complexity index is 1590. The molecule has 38 heavy (non-hydrogen) atoms. The van der Waals surface area contributed by atoms with Crippen LogP contribution in [0.2, 0.25) is 0 Å². The zero-order valence-electron chi connectivity index (χ0n) is 21.2. The Labute approximate surface area is 221 Å². The largest absolute Gasteiger partial charge is 0.507 e. The maximum absolute atomic E-state index is 10.9. The van der Waals surface area contributed by atoms with Gasteiger partial charge in [0.25, 0.3) is 0 Å². The average Bonchev–Trinajstić information content (AvgIpc) is 3.58. The molecule has 4 nitrogen and oxygen atoms in total. The van der Waals surface area contributed by atoms with Gasteiger partial charge < -0.3 is 20.2 Å². The second kappa shape index (κ2) is 8.84. The van der Waals surface area contributed by atoms with Crippen molar-refractivity contribution in [1.29, 1.82) is 0 Å². The number of hydrogen-bond acceptors (Lipinski definition) is 2. The molecule has 0 atom stereocenters. The molecule has 0 radical (unpaired) electrons. The van der Waals surface area contributed by atoms with Crippen molar-refractivity contribution in [3.8, 4) is 34.0 Å². The number of hydrogen-bond donors (Lipinski definition) is 4. The van der Waals surface area contributed by atoms with Crippen molar-refractivity contribution in [2.24, 2.45) is 0 Å². The lowest BCUT2D eigenvalue weighted by Gasteiger charge is -2.39. The van der Waals surface area contributed by atoms with Crippen molar-refractivity contribution >= 4 is 21.8 Å². The van der Waals surface area contributed by atoms with Gasteiger partial charge in [-0.05, 0) is 72.5 Å². The molecule has 0 aliphatic heterocycles. The zero-order chi connectivity index (χ0) is 25.7. The Hall–Kier alpha value is -4.44. The molecule has 0 unspecified atom stereocenters. The minimum absolute atomic E-state index is 0.193. The normalized spacial score (nSPS) is 15.3. The second-order valence-corrected chi connectivity index (χ2v) is 10.6. The first-order valence-electron chi connectivity index (χ1n) is 13.4. The first-order valence-corrected chi connectivity index (χ1v) is 13.4. The fourth-order valence-electron chi connectivity index (χ4n) is 6.44.